The molecule has 0 saturated heterocycles. The molecule has 1 heterocycles. The van der Waals surface area contributed by atoms with Gasteiger partial charge in [-0.2, -0.15) is 0 Å². The molecule has 0 spiro atoms. The number of halogens is 1. The van der Waals surface area contributed by atoms with E-state index in [0.717, 1.165) is 0 Å². The van der Waals surface area contributed by atoms with Gasteiger partial charge in [-0.1, -0.05) is 0 Å². The summed E-state index contributed by atoms with van der Waals surface area (Å²) in [5.74, 6) is -1.25. The second-order valence-corrected chi connectivity index (χ2v) is 2.21. The Morgan fingerprint density at radius 1 is 1.77 bits per heavy atom. The van der Waals surface area contributed by atoms with Gasteiger partial charge in [0, 0.05) is 24.4 Å². The van der Waals surface area contributed by atoms with Gasteiger partial charge >= 0.3 is 19.5 Å². The van der Waals surface area contributed by atoms with Crippen molar-refractivity contribution >= 4 is 5.97 Å². The van der Waals surface area contributed by atoms with Crippen LogP contribution >= 0.6 is 0 Å². The van der Waals surface area contributed by atoms with Gasteiger partial charge in [0.1, 0.15) is 0 Å². The van der Waals surface area contributed by atoms with Gasteiger partial charge in [0.05, 0.1) is 12.3 Å². The van der Waals surface area contributed by atoms with E-state index in [9.17, 15) is 9.90 Å². The van der Waals surface area contributed by atoms with E-state index in [1.165, 1.54) is 12.5 Å². The number of rotatable bonds is 3. The van der Waals surface area contributed by atoms with Crippen molar-refractivity contribution in [2.24, 2.45) is 5.73 Å². The average molecular weight is 346 g/mol. The van der Waals surface area contributed by atoms with Crippen molar-refractivity contribution in [3.05, 3.63) is 18.2 Å². The van der Waals surface area contributed by atoms with Gasteiger partial charge in [-0.3, -0.25) is 0 Å². The van der Waals surface area contributed by atoms with Crippen LogP contribution in [0.2, 0.25) is 0 Å². The summed E-state index contributed by atoms with van der Waals surface area (Å²) < 4.78 is 0. The molecule has 1 aromatic rings. The topological polar surface area (TPSA) is 94.8 Å². The Morgan fingerprint density at radius 3 is 2.77 bits per heavy atom. The summed E-state index contributed by atoms with van der Waals surface area (Å²) in [6.07, 6.45) is 3.22. The summed E-state index contributed by atoms with van der Waals surface area (Å²) in [7, 11) is 0. The van der Waals surface area contributed by atoms with E-state index in [1.807, 2.05) is 0 Å². The van der Waals surface area contributed by atoms with E-state index in [4.69, 9.17) is 5.73 Å². The van der Waals surface area contributed by atoms with Crippen LogP contribution in [-0.4, -0.2) is 22.0 Å². The fourth-order valence-corrected chi connectivity index (χ4v) is 0.717. The standard InChI is InChI=1S/C6H9N3O2.HI.Zn/c7-5(6(10)11)1-4-2-8-3-9-4;;/h2-3,5H,1,7H2,(H,8,9)(H,10,11);1H;/q;;+2/p-2/t5-;;/m0../s1. The average Bonchev–Trinajstić information content (AvgIpc) is 2.39. The van der Waals surface area contributed by atoms with Crippen molar-refractivity contribution in [3.63, 3.8) is 0 Å². The van der Waals surface area contributed by atoms with E-state index in [1.54, 1.807) is 0 Å². The molecule has 0 unspecified atom stereocenters. The van der Waals surface area contributed by atoms with Crippen molar-refractivity contribution in [2.45, 2.75) is 12.5 Å². The second-order valence-electron chi connectivity index (χ2n) is 2.21. The number of aromatic amines is 1. The maximum atomic E-state index is 10.2. The smallest absolute Gasteiger partial charge is 1.00 e. The Balaban J connectivity index is 0. The van der Waals surface area contributed by atoms with Crippen LogP contribution < -0.4 is 34.8 Å². The largest absolute Gasteiger partial charge is 2.00 e. The van der Waals surface area contributed by atoms with Crippen molar-refractivity contribution in [3.8, 4) is 0 Å². The first kappa shape index (κ1) is 15.5. The molecule has 0 aliphatic carbocycles. The van der Waals surface area contributed by atoms with Crippen molar-refractivity contribution in [1.29, 1.82) is 0 Å². The summed E-state index contributed by atoms with van der Waals surface area (Å²) >= 11 is 0. The maximum absolute atomic E-state index is 10.2. The van der Waals surface area contributed by atoms with Crippen molar-refractivity contribution < 1.29 is 53.4 Å². The minimum atomic E-state index is -1.25. The number of aliphatic carboxylic acids is 1. The normalized spacial score (nSPS) is 10.8. The third-order valence-corrected chi connectivity index (χ3v) is 1.30. The van der Waals surface area contributed by atoms with Gasteiger partial charge in [-0.05, 0) is 0 Å². The summed E-state index contributed by atoms with van der Waals surface area (Å²) in [5, 5.41) is 10.2. The Morgan fingerprint density at radius 2 is 2.38 bits per heavy atom. The predicted molar refractivity (Wildman–Crippen MR) is 35.3 cm³/mol. The van der Waals surface area contributed by atoms with Gasteiger partial charge in [0.15, 0.2) is 0 Å². The Bertz CT molecular complexity index is 242. The molecular weight excluding hydrogens is 338 g/mol. The van der Waals surface area contributed by atoms with Gasteiger partial charge in [0.25, 0.3) is 0 Å². The van der Waals surface area contributed by atoms with Crippen molar-refractivity contribution in [2.75, 3.05) is 0 Å². The first-order chi connectivity index (χ1) is 5.20. The number of nitrogens with zero attached hydrogens (tertiary/aromatic N) is 1. The van der Waals surface area contributed by atoms with Crippen LogP contribution in [0.3, 0.4) is 0 Å². The number of carbonyl (C=O) groups is 1. The monoisotopic (exact) mass is 345 g/mol. The third-order valence-electron chi connectivity index (χ3n) is 1.30. The van der Waals surface area contributed by atoms with Crippen LogP contribution in [0.4, 0.5) is 0 Å². The molecule has 0 amide bonds. The number of hydrogen-bond acceptors (Lipinski definition) is 4. The number of nitrogens with one attached hydrogen (secondary N) is 1. The minimum Gasteiger partial charge on any atom is -1.00 e. The molecule has 0 bridgehead atoms. The Kier molecular flexibility index (Phi) is 8.81. The second kappa shape index (κ2) is 7.40. The summed E-state index contributed by atoms with van der Waals surface area (Å²) in [4.78, 5) is 16.6. The molecule has 13 heavy (non-hydrogen) atoms. The van der Waals surface area contributed by atoms with Crippen LogP contribution in [0.5, 0.6) is 0 Å². The molecular formula is C6H8IN3O2Zn. The molecule has 0 aliphatic rings. The maximum Gasteiger partial charge on any atom is 2.00 e. The molecule has 7 heteroatoms. The van der Waals surface area contributed by atoms with E-state index < -0.39 is 12.0 Å². The van der Waals surface area contributed by atoms with Gasteiger partial charge in [0.2, 0.25) is 0 Å². The van der Waals surface area contributed by atoms with Gasteiger partial charge in [-0.15, -0.1) is 0 Å². The number of carbonyl (C=O) groups excluding carboxylic acids is 1. The van der Waals surface area contributed by atoms with Crippen LogP contribution in [0, 0.1) is 0 Å². The SMILES string of the molecule is N[C@@H](Cc1cnc[nH]1)C(=O)[O-].[I-].[Zn+2]. The number of hydrogen-bond donors (Lipinski definition) is 2. The molecule has 1 aromatic heterocycles. The zero-order valence-electron chi connectivity index (χ0n) is 6.87. The molecule has 5 nitrogen and oxygen atoms in total. The van der Waals surface area contributed by atoms with Gasteiger partial charge < -0.3 is 44.6 Å². The van der Waals surface area contributed by atoms with E-state index in [0.29, 0.717) is 5.69 Å². The van der Waals surface area contributed by atoms with Crippen LogP contribution in [0.1, 0.15) is 5.69 Å². The third kappa shape index (κ3) is 5.33. The molecule has 1 atom stereocenters. The fourth-order valence-electron chi connectivity index (χ4n) is 0.717. The molecule has 3 N–H and O–H groups in total. The molecule has 0 saturated carbocycles. The summed E-state index contributed by atoms with van der Waals surface area (Å²) in [6.45, 7) is 0. The predicted octanol–water partition coefficient (Wildman–Crippen LogP) is -4.97. The number of nitrogens with two attached hydrogens (primary N) is 1. The number of aromatic nitrogens is 2. The number of carboxylic acid groups (broad SMARTS) is 1. The summed E-state index contributed by atoms with van der Waals surface area (Å²) in [6, 6.07) is -0.963. The van der Waals surface area contributed by atoms with Crippen molar-refractivity contribution in [1.82, 2.24) is 9.97 Å². The van der Waals surface area contributed by atoms with E-state index in [2.05, 4.69) is 9.97 Å². The van der Waals surface area contributed by atoms with Crippen LogP contribution in [0.15, 0.2) is 12.5 Å². The van der Waals surface area contributed by atoms with E-state index in [-0.39, 0.29) is 49.9 Å². The molecule has 68 valence electrons. The van der Waals surface area contributed by atoms with Crippen LogP contribution in [0.25, 0.3) is 0 Å². The first-order valence-electron chi connectivity index (χ1n) is 3.14. The quantitative estimate of drug-likeness (QED) is 0.423. The summed E-state index contributed by atoms with van der Waals surface area (Å²) in [5.41, 5.74) is 5.89. The first-order valence-corrected chi connectivity index (χ1v) is 3.14. The molecule has 0 fully saturated rings. The van der Waals surface area contributed by atoms with Crippen LogP contribution in [-0.2, 0) is 30.7 Å². The zero-order chi connectivity index (χ0) is 8.27. The molecule has 1 rings (SSSR count). The molecule has 0 aromatic carbocycles. The number of H-pyrrole nitrogens is 1. The number of imidazole rings is 1. The van der Waals surface area contributed by atoms with Gasteiger partial charge in [-0.25, -0.2) is 4.98 Å². The molecule has 0 radical (unpaired) electrons. The fraction of sp³-hybridized carbons (Fsp3) is 0.333. The molecule has 0 aliphatic heterocycles. The zero-order valence-corrected chi connectivity index (χ0v) is 12.0. The minimum absolute atomic E-state index is 0. The Labute approximate surface area is 105 Å². The number of carboxylic acids is 1. The van der Waals surface area contributed by atoms with E-state index >= 15 is 0 Å². The Hall–Kier alpha value is -0.00662.